The van der Waals surface area contributed by atoms with Gasteiger partial charge < -0.3 is 15.0 Å². The van der Waals surface area contributed by atoms with E-state index in [1.54, 1.807) is 28.8 Å². The van der Waals surface area contributed by atoms with E-state index in [0.29, 0.717) is 23.7 Å². The Kier molecular flexibility index (Phi) is 5.24. The predicted octanol–water partition coefficient (Wildman–Crippen LogP) is 1.95. The van der Waals surface area contributed by atoms with Crippen molar-refractivity contribution in [1.82, 2.24) is 10.2 Å². The second kappa shape index (κ2) is 7.25. The van der Waals surface area contributed by atoms with Gasteiger partial charge in [-0.25, -0.2) is 4.79 Å². The molecule has 0 unspecified atom stereocenters. The van der Waals surface area contributed by atoms with Crippen LogP contribution >= 0.6 is 23.4 Å². The number of rotatable bonds is 5. The van der Waals surface area contributed by atoms with Crippen LogP contribution in [0, 0.1) is 0 Å². The molecule has 0 bridgehead atoms. The molecule has 25 heavy (non-hydrogen) atoms. The van der Waals surface area contributed by atoms with Gasteiger partial charge in [-0.3, -0.25) is 9.59 Å². The molecule has 134 valence electrons. The fourth-order valence-electron chi connectivity index (χ4n) is 3.08. The zero-order chi connectivity index (χ0) is 18.0. The molecule has 0 radical (unpaired) electrons. The number of amides is 2. The van der Waals surface area contributed by atoms with Gasteiger partial charge in [-0.1, -0.05) is 23.7 Å². The van der Waals surface area contributed by atoms with Gasteiger partial charge in [0.25, 0.3) is 5.91 Å². The second-order valence-electron chi connectivity index (χ2n) is 6.28. The maximum atomic E-state index is 12.3. The molecule has 6 nitrogen and oxygen atoms in total. The molecular weight excluding hydrogens is 364 g/mol. The molecule has 8 heteroatoms. The number of benzene rings is 1. The number of halogens is 1. The molecule has 2 heterocycles. The Hall–Kier alpha value is -1.73. The fourth-order valence-corrected chi connectivity index (χ4v) is 4.62. The van der Waals surface area contributed by atoms with Crippen molar-refractivity contribution in [2.45, 2.75) is 37.2 Å². The number of nitrogens with one attached hydrogen (secondary N) is 1. The normalized spacial score (nSPS) is 25.0. The minimum absolute atomic E-state index is 0.0263. The monoisotopic (exact) mass is 382 g/mol. The Labute approximate surface area is 155 Å². The van der Waals surface area contributed by atoms with E-state index in [2.05, 4.69) is 5.32 Å². The van der Waals surface area contributed by atoms with Crippen LogP contribution in [-0.2, 0) is 25.7 Å². The van der Waals surface area contributed by atoms with Gasteiger partial charge in [0.1, 0.15) is 6.04 Å². The van der Waals surface area contributed by atoms with Crippen LogP contribution in [-0.4, -0.2) is 46.0 Å². The van der Waals surface area contributed by atoms with Gasteiger partial charge in [0.05, 0.1) is 4.87 Å². The van der Waals surface area contributed by atoms with E-state index in [1.165, 1.54) is 0 Å². The minimum atomic E-state index is -0.603. The summed E-state index contributed by atoms with van der Waals surface area (Å²) in [4.78, 5) is 37.4. The Morgan fingerprint density at radius 2 is 2.12 bits per heavy atom. The van der Waals surface area contributed by atoms with Crippen molar-refractivity contribution in [3.63, 3.8) is 0 Å². The molecule has 1 N–H and O–H groups in total. The number of carbonyl (C=O) groups is 3. The number of carbonyl (C=O) groups excluding carboxylic acids is 3. The second-order valence-corrected chi connectivity index (χ2v) is 8.21. The Morgan fingerprint density at radius 1 is 1.40 bits per heavy atom. The molecule has 1 aromatic carbocycles. The van der Waals surface area contributed by atoms with Crippen molar-refractivity contribution in [2.24, 2.45) is 0 Å². The average molecular weight is 383 g/mol. The summed E-state index contributed by atoms with van der Waals surface area (Å²) in [5.41, 5.74) is 0.898. The summed E-state index contributed by atoms with van der Waals surface area (Å²) in [5, 5.41) is 3.31. The number of hydrogen-bond donors (Lipinski definition) is 1. The summed E-state index contributed by atoms with van der Waals surface area (Å²) in [6.45, 7) is 1.94. The molecule has 2 saturated heterocycles. The SMILES string of the molecule is C[C@@]12CCC(=O)N1[C@H](C(=O)OCC(=O)NCc1ccc(Cl)cc1)CS2. The van der Waals surface area contributed by atoms with Gasteiger partial charge in [0.2, 0.25) is 5.91 Å². The van der Waals surface area contributed by atoms with Gasteiger partial charge in [0, 0.05) is 23.7 Å². The van der Waals surface area contributed by atoms with E-state index >= 15 is 0 Å². The number of ether oxygens (including phenoxy) is 1. The molecule has 2 atom stereocenters. The molecule has 0 saturated carbocycles. The smallest absolute Gasteiger partial charge is 0.330 e. The first-order valence-electron chi connectivity index (χ1n) is 8.03. The standard InChI is InChI=1S/C17H19ClN2O4S/c1-17-7-6-15(22)20(17)13(10-25-17)16(23)24-9-14(21)19-8-11-2-4-12(18)5-3-11/h2-5,13H,6-10H2,1H3,(H,19,21)/t13-,17+/m0/s1. The van der Waals surface area contributed by atoms with Crippen LogP contribution in [0.15, 0.2) is 24.3 Å². The Morgan fingerprint density at radius 3 is 2.84 bits per heavy atom. The summed E-state index contributed by atoms with van der Waals surface area (Å²) >= 11 is 7.40. The third-order valence-corrected chi connectivity index (χ3v) is 6.22. The van der Waals surface area contributed by atoms with Crippen molar-refractivity contribution in [3.05, 3.63) is 34.9 Å². The summed E-state index contributed by atoms with van der Waals surface area (Å²) in [7, 11) is 0. The Bertz CT molecular complexity index is 696. The number of hydrogen-bond acceptors (Lipinski definition) is 5. The third kappa shape index (κ3) is 3.93. The van der Waals surface area contributed by atoms with Crippen LogP contribution < -0.4 is 5.32 Å². The van der Waals surface area contributed by atoms with Crippen LogP contribution in [0.2, 0.25) is 5.02 Å². The molecule has 0 aliphatic carbocycles. The molecule has 2 amide bonds. The summed E-state index contributed by atoms with van der Waals surface area (Å²) < 4.78 is 5.12. The van der Waals surface area contributed by atoms with Crippen molar-refractivity contribution in [2.75, 3.05) is 12.4 Å². The average Bonchev–Trinajstić information content (AvgIpc) is 3.08. The van der Waals surface area contributed by atoms with Crippen molar-refractivity contribution >= 4 is 41.1 Å². The summed E-state index contributed by atoms with van der Waals surface area (Å²) in [6, 6.07) is 6.50. The first-order valence-corrected chi connectivity index (χ1v) is 9.39. The highest BCUT2D eigenvalue weighted by atomic mass is 35.5. The Balaban J connectivity index is 1.46. The number of thioether (sulfide) groups is 1. The van der Waals surface area contributed by atoms with Crippen molar-refractivity contribution in [3.8, 4) is 0 Å². The van der Waals surface area contributed by atoms with Crippen LogP contribution in [0.25, 0.3) is 0 Å². The third-order valence-electron chi connectivity index (χ3n) is 4.47. The first kappa shape index (κ1) is 18.1. The molecule has 0 aromatic heterocycles. The van der Waals surface area contributed by atoms with E-state index in [0.717, 1.165) is 12.0 Å². The molecule has 2 aliphatic heterocycles. The van der Waals surface area contributed by atoms with Gasteiger partial charge in [-0.05, 0) is 31.0 Å². The van der Waals surface area contributed by atoms with Crippen molar-refractivity contribution in [1.29, 1.82) is 0 Å². The molecule has 3 rings (SSSR count). The van der Waals surface area contributed by atoms with E-state index in [9.17, 15) is 14.4 Å². The number of nitrogens with zero attached hydrogens (tertiary/aromatic N) is 1. The molecule has 2 aliphatic rings. The lowest BCUT2D eigenvalue weighted by molar-refractivity contribution is -0.156. The zero-order valence-corrected chi connectivity index (χ0v) is 15.4. The quantitative estimate of drug-likeness (QED) is 0.788. The lowest BCUT2D eigenvalue weighted by Gasteiger charge is -2.29. The van der Waals surface area contributed by atoms with Crippen LogP contribution in [0.5, 0.6) is 0 Å². The molecular formula is C17H19ClN2O4S. The summed E-state index contributed by atoms with van der Waals surface area (Å²) in [5.74, 6) is -0.424. The molecule has 2 fully saturated rings. The van der Waals surface area contributed by atoms with E-state index in [-0.39, 0.29) is 23.3 Å². The lowest BCUT2D eigenvalue weighted by Crippen LogP contribution is -2.47. The maximum absolute atomic E-state index is 12.3. The fraction of sp³-hybridized carbons (Fsp3) is 0.471. The van der Waals surface area contributed by atoms with Crippen LogP contribution in [0.1, 0.15) is 25.3 Å². The van der Waals surface area contributed by atoms with Gasteiger partial charge in [-0.2, -0.15) is 0 Å². The lowest BCUT2D eigenvalue weighted by atomic mass is 10.2. The van der Waals surface area contributed by atoms with Gasteiger partial charge in [-0.15, -0.1) is 11.8 Å². The van der Waals surface area contributed by atoms with Crippen LogP contribution in [0.4, 0.5) is 0 Å². The number of esters is 1. The summed E-state index contributed by atoms with van der Waals surface area (Å²) in [6.07, 6.45) is 1.19. The van der Waals surface area contributed by atoms with E-state index in [4.69, 9.17) is 16.3 Å². The van der Waals surface area contributed by atoms with Gasteiger partial charge in [0.15, 0.2) is 6.61 Å². The number of fused-ring (bicyclic) bond motifs is 1. The first-order chi connectivity index (χ1) is 11.9. The zero-order valence-electron chi connectivity index (χ0n) is 13.8. The largest absolute Gasteiger partial charge is 0.454 e. The highest BCUT2D eigenvalue weighted by molar-refractivity contribution is 8.01. The maximum Gasteiger partial charge on any atom is 0.330 e. The molecule has 1 aromatic rings. The van der Waals surface area contributed by atoms with Gasteiger partial charge >= 0.3 is 5.97 Å². The van der Waals surface area contributed by atoms with Crippen LogP contribution in [0.3, 0.4) is 0 Å². The van der Waals surface area contributed by atoms with Crippen molar-refractivity contribution < 1.29 is 19.1 Å². The topological polar surface area (TPSA) is 75.7 Å². The predicted molar refractivity (Wildman–Crippen MR) is 95.0 cm³/mol. The minimum Gasteiger partial charge on any atom is -0.454 e. The van der Waals surface area contributed by atoms with E-state index < -0.39 is 12.0 Å². The highest BCUT2D eigenvalue weighted by Crippen LogP contribution is 2.47. The highest BCUT2D eigenvalue weighted by Gasteiger charge is 2.53. The molecule has 0 spiro atoms. The van der Waals surface area contributed by atoms with E-state index in [1.807, 2.05) is 19.1 Å².